The second-order valence-electron chi connectivity index (χ2n) is 6.18. The van der Waals surface area contributed by atoms with Crippen molar-refractivity contribution in [1.29, 1.82) is 0 Å². The molecule has 1 amide bonds. The summed E-state index contributed by atoms with van der Waals surface area (Å²) in [4.78, 5) is 12.9. The standard InChI is InChI=1S/C19H16F3NO3S/c1-18(25,16-10-13-4-2-3-5-15(13)27-16)11-23-17(24)12-6-8-14(9-7-12)26-19(20,21)22/h2-10,25H,11H2,1H3,(H,23,24)/t18-/m1/s1. The van der Waals surface area contributed by atoms with Crippen molar-refractivity contribution in [2.45, 2.75) is 18.9 Å². The molecule has 27 heavy (non-hydrogen) atoms. The number of rotatable bonds is 5. The van der Waals surface area contributed by atoms with Crippen LogP contribution in [0, 0.1) is 0 Å². The van der Waals surface area contributed by atoms with Crippen LogP contribution in [0.25, 0.3) is 10.1 Å². The Morgan fingerprint density at radius 3 is 2.44 bits per heavy atom. The van der Waals surface area contributed by atoms with Gasteiger partial charge in [0.25, 0.3) is 5.91 Å². The molecule has 2 aromatic carbocycles. The van der Waals surface area contributed by atoms with Gasteiger partial charge in [0.15, 0.2) is 0 Å². The zero-order chi connectivity index (χ0) is 19.7. The fourth-order valence-electron chi connectivity index (χ4n) is 2.50. The molecule has 3 aromatic rings. The van der Waals surface area contributed by atoms with E-state index in [2.05, 4.69) is 10.1 Å². The largest absolute Gasteiger partial charge is 0.573 e. The highest BCUT2D eigenvalue weighted by atomic mass is 32.1. The van der Waals surface area contributed by atoms with Crippen molar-refractivity contribution in [1.82, 2.24) is 5.32 Å². The van der Waals surface area contributed by atoms with E-state index in [4.69, 9.17) is 0 Å². The minimum Gasteiger partial charge on any atom is -0.406 e. The fraction of sp³-hybridized carbons (Fsp3) is 0.211. The number of ether oxygens (including phenoxy) is 1. The average Bonchev–Trinajstić information content (AvgIpc) is 3.04. The molecule has 0 bridgehead atoms. The van der Waals surface area contributed by atoms with Crippen LogP contribution in [0.5, 0.6) is 5.75 Å². The molecule has 2 N–H and O–H groups in total. The lowest BCUT2D eigenvalue weighted by molar-refractivity contribution is -0.274. The van der Waals surface area contributed by atoms with Crippen molar-refractivity contribution in [2.24, 2.45) is 0 Å². The second-order valence-corrected chi connectivity index (χ2v) is 7.26. The molecule has 0 radical (unpaired) electrons. The minimum atomic E-state index is -4.78. The van der Waals surface area contributed by atoms with E-state index in [0.29, 0.717) is 4.88 Å². The number of carbonyl (C=O) groups excluding carboxylic acids is 1. The van der Waals surface area contributed by atoms with Crippen LogP contribution in [0.15, 0.2) is 54.6 Å². The molecule has 4 nitrogen and oxygen atoms in total. The molecule has 3 rings (SSSR count). The lowest BCUT2D eigenvalue weighted by Gasteiger charge is -2.22. The van der Waals surface area contributed by atoms with E-state index in [-0.39, 0.29) is 12.1 Å². The third kappa shape index (κ3) is 4.78. The Hall–Kier alpha value is -2.58. The van der Waals surface area contributed by atoms with Crippen LogP contribution < -0.4 is 10.1 Å². The first-order chi connectivity index (χ1) is 12.6. The summed E-state index contributed by atoms with van der Waals surface area (Å²) >= 11 is 1.43. The summed E-state index contributed by atoms with van der Waals surface area (Å²) in [5.41, 5.74) is -1.12. The molecule has 1 aromatic heterocycles. The first-order valence-electron chi connectivity index (χ1n) is 7.99. The lowest BCUT2D eigenvalue weighted by Crippen LogP contribution is -2.38. The van der Waals surface area contributed by atoms with Crippen LogP contribution in [0.1, 0.15) is 22.2 Å². The number of benzene rings is 2. The van der Waals surface area contributed by atoms with E-state index >= 15 is 0 Å². The molecule has 0 aliphatic carbocycles. The highest BCUT2D eigenvalue weighted by Gasteiger charge is 2.31. The van der Waals surface area contributed by atoms with Gasteiger partial charge in [-0.05, 0) is 48.7 Å². The van der Waals surface area contributed by atoms with Crippen LogP contribution in [0.3, 0.4) is 0 Å². The summed E-state index contributed by atoms with van der Waals surface area (Å²) in [5.74, 6) is -0.911. The SMILES string of the molecule is C[C@@](O)(CNC(=O)c1ccc(OC(F)(F)F)cc1)c1cc2ccccc2s1. The molecule has 1 heterocycles. The quantitative estimate of drug-likeness (QED) is 0.672. The highest BCUT2D eigenvalue weighted by Crippen LogP contribution is 2.33. The van der Waals surface area contributed by atoms with Gasteiger partial charge in [-0.2, -0.15) is 0 Å². The third-order valence-electron chi connectivity index (χ3n) is 3.90. The Morgan fingerprint density at radius 1 is 1.15 bits per heavy atom. The maximum atomic E-state index is 12.2. The Bertz CT molecular complexity index is 916. The van der Waals surface area contributed by atoms with Crippen LogP contribution >= 0.6 is 11.3 Å². The van der Waals surface area contributed by atoms with Gasteiger partial charge < -0.3 is 15.2 Å². The van der Waals surface area contributed by atoms with Crippen LogP contribution in [0.4, 0.5) is 13.2 Å². The maximum Gasteiger partial charge on any atom is 0.573 e. The normalized spacial score (nSPS) is 14.0. The number of halogens is 3. The molecule has 8 heteroatoms. The highest BCUT2D eigenvalue weighted by molar-refractivity contribution is 7.19. The van der Waals surface area contributed by atoms with Gasteiger partial charge in [-0.3, -0.25) is 4.79 Å². The van der Waals surface area contributed by atoms with Crippen LogP contribution in [-0.4, -0.2) is 23.9 Å². The molecule has 1 atom stereocenters. The third-order valence-corrected chi connectivity index (χ3v) is 5.27. The molecular weight excluding hydrogens is 379 g/mol. The monoisotopic (exact) mass is 395 g/mol. The van der Waals surface area contributed by atoms with Crippen LogP contribution in [-0.2, 0) is 5.60 Å². The van der Waals surface area contributed by atoms with E-state index in [9.17, 15) is 23.1 Å². The number of nitrogens with one attached hydrogen (secondary N) is 1. The van der Waals surface area contributed by atoms with E-state index in [0.717, 1.165) is 22.2 Å². The van der Waals surface area contributed by atoms with Gasteiger partial charge in [0.05, 0.1) is 6.54 Å². The van der Waals surface area contributed by atoms with Crippen molar-refractivity contribution >= 4 is 27.3 Å². The van der Waals surface area contributed by atoms with E-state index in [1.807, 2.05) is 30.3 Å². The van der Waals surface area contributed by atoms with Gasteiger partial charge in [0.2, 0.25) is 0 Å². The fourth-order valence-corrected chi connectivity index (χ4v) is 3.60. The molecule has 0 unspecified atom stereocenters. The second kappa shape index (κ2) is 7.21. The first-order valence-corrected chi connectivity index (χ1v) is 8.81. The number of hydrogen-bond acceptors (Lipinski definition) is 4. The number of alkyl halides is 3. The number of thiophene rings is 1. The number of fused-ring (bicyclic) bond motifs is 1. The Morgan fingerprint density at radius 2 is 1.81 bits per heavy atom. The Labute approximate surface area is 157 Å². The van der Waals surface area contributed by atoms with Gasteiger partial charge in [-0.15, -0.1) is 24.5 Å². The minimum absolute atomic E-state index is 0.0422. The molecule has 0 aliphatic heterocycles. The predicted molar refractivity (Wildman–Crippen MR) is 96.9 cm³/mol. The summed E-state index contributed by atoms with van der Waals surface area (Å²) in [7, 11) is 0. The predicted octanol–water partition coefficient (Wildman–Crippen LogP) is 4.44. The van der Waals surface area contributed by atoms with E-state index in [1.165, 1.54) is 23.5 Å². The lowest BCUT2D eigenvalue weighted by atomic mass is 10.0. The van der Waals surface area contributed by atoms with Crippen molar-refractivity contribution in [3.63, 3.8) is 0 Å². The molecule has 0 saturated heterocycles. The molecule has 142 valence electrons. The molecule has 0 spiro atoms. The van der Waals surface area contributed by atoms with Gasteiger partial charge in [-0.1, -0.05) is 18.2 Å². The molecule has 0 aliphatic rings. The summed E-state index contributed by atoms with van der Waals surface area (Å²) in [6, 6.07) is 14.1. The summed E-state index contributed by atoms with van der Waals surface area (Å²) in [6.07, 6.45) is -4.78. The zero-order valence-corrected chi connectivity index (χ0v) is 15.0. The van der Waals surface area contributed by atoms with E-state index in [1.54, 1.807) is 6.92 Å². The molecular formula is C19H16F3NO3S. The number of hydrogen-bond donors (Lipinski definition) is 2. The number of amides is 1. The van der Waals surface area contributed by atoms with Crippen molar-refractivity contribution in [3.8, 4) is 5.75 Å². The van der Waals surface area contributed by atoms with Crippen molar-refractivity contribution < 1.29 is 27.8 Å². The molecule has 0 saturated carbocycles. The molecule has 0 fully saturated rings. The van der Waals surface area contributed by atoms with Gasteiger partial charge in [0, 0.05) is 15.1 Å². The van der Waals surface area contributed by atoms with Crippen LogP contribution in [0.2, 0.25) is 0 Å². The first kappa shape index (κ1) is 19.2. The summed E-state index contributed by atoms with van der Waals surface area (Å²) < 4.78 is 41.3. The number of carbonyl (C=O) groups is 1. The maximum absolute atomic E-state index is 12.2. The Kier molecular flexibility index (Phi) is 5.12. The van der Waals surface area contributed by atoms with Gasteiger partial charge in [0.1, 0.15) is 11.4 Å². The Balaban J connectivity index is 1.65. The van der Waals surface area contributed by atoms with Crippen molar-refractivity contribution in [2.75, 3.05) is 6.54 Å². The topological polar surface area (TPSA) is 58.6 Å². The average molecular weight is 395 g/mol. The zero-order valence-electron chi connectivity index (χ0n) is 14.2. The number of aliphatic hydroxyl groups is 1. The summed E-state index contributed by atoms with van der Waals surface area (Å²) in [6.45, 7) is 1.55. The van der Waals surface area contributed by atoms with E-state index < -0.39 is 23.6 Å². The summed E-state index contributed by atoms with van der Waals surface area (Å²) in [5, 5.41) is 14.3. The van der Waals surface area contributed by atoms with Gasteiger partial charge in [-0.25, -0.2) is 0 Å². The van der Waals surface area contributed by atoms with Gasteiger partial charge >= 0.3 is 6.36 Å². The smallest absolute Gasteiger partial charge is 0.406 e. The van der Waals surface area contributed by atoms with Crippen molar-refractivity contribution in [3.05, 3.63) is 65.0 Å².